The first-order valence-electron chi connectivity index (χ1n) is 9.21. The number of hydrogen-bond donors (Lipinski definition) is 3. The van der Waals surface area contributed by atoms with Gasteiger partial charge in [0.1, 0.15) is 17.0 Å². The normalized spacial score (nSPS) is 15.5. The second-order valence-electron chi connectivity index (χ2n) is 6.96. The lowest BCUT2D eigenvalue weighted by molar-refractivity contribution is 0.100. The molecule has 0 saturated carbocycles. The molecule has 1 aliphatic rings. The van der Waals surface area contributed by atoms with Crippen LogP contribution in [-0.4, -0.2) is 44.0 Å². The molecule has 0 aliphatic carbocycles. The summed E-state index contributed by atoms with van der Waals surface area (Å²) in [6, 6.07) is 13.7. The maximum Gasteiger partial charge on any atom is 0.250 e. The van der Waals surface area contributed by atoms with E-state index in [2.05, 4.69) is 25.6 Å². The van der Waals surface area contributed by atoms with E-state index in [0.29, 0.717) is 22.9 Å². The number of halogens is 2. The lowest BCUT2D eigenvalue weighted by Crippen LogP contribution is -2.13. The molecule has 4 N–H and O–H groups in total. The van der Waals surface area contributed by atoms with Gasteiger partial charge in [0.15, 0.2) is 0 Å². The molecule has 1 atom stereocenters. The van der Waals surface area contributed by atoms with Crippen LogP contribution in [0.15, 0.2) is 48.7 Å². The Labute approximate surface area is 185 Å². The quantitative estimate of drug-likeness (QED) is 0.446. The van der Waals surface area contributed by atoms with Crippen LogP contribution >= 0.6 is 24.8 Å². The van der Waals surface area contributed by atoms with Gasteiger partial charge in [-0.1, -0.05) is 35.5 Å². The Morgan fingerprint density at radius 2 is 1.87 bits per heavy atom. The smallest absolute Gasteiger partial charge is 0.250 e. The number of nitrogens with two attached hydrogens (primary N) is 1. The van der Waals surface area contributed by atoms with Crippen molar-refractivity contribution in [3.63, 3.8) is 0 Å². The minimum absolute atomic E-state index is 0. The van der Waals surface area contributed by atoms with Crippen molar-refractivity contribution < 1.29 is 4.79 Å². The van der Waals surface area contributed by atoms with Crippen LogP contribution in [0.2, 0.25) is 0 Å². The van der Waals surface area contributed by atoms with Gasteiger partial charge in [0.05, 0.1) is 23.3 Å². The van der Waals surface area contributed by atoms with Gasteiger partial charge in [0, 0.05) is 17.7 Å². The maximum absolute atomic E-state index is 11.6. The van der Waals surface area contributed by atoms with Gasteiger partial charge in [-0.05, 0) is 25.1 Å². The number of imidazole rings is 1. The van der Waals surface area contributed by atoms with Crippen LogP contribution in [0.4, 0.5) is 0 Å². The van der Waals surface area contributed by atoms with Gasteiger partial charge in [-0.25, -0.2) is 9.67 Å². The van der Waals surface area contributed by atoms with Gasteiger partial charge in [-0.3, -0.25) is 4.79 Å². The van der Waals surface area contributed by atoms with Crippen molar-refractivity contribution in [2.75, 3.05) is 13.1 Å². The number of carbonyl (C=O) groups excluding carboxylic acids is 1. The van der Waals surface area contributed by atoms with Crippen molar-refractivity contribution in [1.82, 2.24) is 30.3 Å². The largest absolute Gasteiger partial charge is 0.366 e. The summed E-state index contributed by atoms with van der Waals surface area (Å²) in [6.45, 7) is 1.95. The molecule has 1 aliphatic heterocycles. The Morgan fingerprint density at radius 1 is 1.10 bits per heavy atom. The molecule has 1 fully saturated rings. The van der Waals surface area contributed by atoms with E-state index in [4.69, 9.17) is 5.73 Å². The third-order valence-electron chi connectivity index (χ3n) is 5.15. The molecule has 3 heterocycles. The summed E-state index contributed by atoms with van der Waals surface area (Å²) in [6.07, 6.45) is 3.06. The SMILES string of the molecule is Cl.Cl.NC(=O)c1cccc2[nH]c(-c3ccc(-c4cn([C@H]5CCNC5)nn4)cc3)nc12. The average Bonchev–Trinajstić information content (AvgIpc) is 3.47. The number of aromatic amines is 1. The summed E-state index contributed by atoms with van der Waals surface area (Å²) >= 11 is 0. The van der Waals surface area contributed by atoms with Gasteiger partial charge in [0.2, 0.25) is 0 Å². The van der Waals surface area contributed by atoms with Crippen molar-refractivity contribution >= 4 is 41.8 Å². The summed E-state index contributed by atoms with van der Waals surface area (Å²) in [5, 5.41) is 11.9. The number of amides is 1. The number of hydrogen-bond acceptors (Lipinski definition) is 5. The highest BCUT2D eigenvalue weighted by atomic mass is 35.5. The van der Waals surface area contributed by atoms with Crippen LogP contribution in [0.3, 0.4) is 0 Å². The van der Waals surface area contributed by atoms with E-state index in [1.54, 1.807) is 12.1 Å². The third kappa shape index (κ3) is 3.89. The first-order valence-corrected chi connectivity index (χ1v) is 9.21. The number of para-hydroxylation sites is 1. The molecule has 10 heteroatoms. The molecule has 2 aromatic heterocycles. The fraction of sp³-hybridized carbons (Fsp3) is 0.200. The molecule has 1 amide bonds. The number of nitrogens with one attached hydrogen (secondary N) is 2. The minimum atomic E-state index is -0.487. The number of aromatic nitrogens is 5. The summed E-state index contributed by atoms with van der Waals surface area (Å²) < 4.78 is 1.94. The van der Waals surface area contributed by atoms with Crippen molar-refractivity contribution in [3.05, 3.63) is 54.2 Å². The fourth-order valence-electron chi connectivity index (χ4n) is 3.62. The van der Waals surface area contributed by atoms with Gasteiger partial charge in [-0.15, -0.1) is 29.9 Å². The first-order chi connectivity index (χ1) is 13.7. The van der Waals surface area contributed by atoms with Crippen LogP contribution in [0.25, 0.3) is 33.7 Å². The number of primary amides is 1. The Balaban J connectivity index is 0.00000128. The number of benzene rings is 2. The Kier molecular flexibility index (Phi) is 6.40. The Hall–Kier alpha value is -2.94. The summed E-state index contributed by atoms with van der Waals surface area (Å²) in [4.78, 5) is 19.4. The maximum atomic E-state index is 11.6. The predicted octanol–water partition coefficient (Wildman–Crippen LogP) is 2.97. The topological polar surface area (TPSA) is 115 Å². The molecule has 156 valence electrons. The van der Waals surface area contributed by atoms with Crippen LogP contribution < -0.4 is 11.1 Å². The van der Waals surface area contributed by atoms with Crippen molar-refractivity contribution in [2.24, 2.45) is 5.73 Å². The molecule has 0 radical (unpaired) electrons. The molecule has 2 aromatic carbocycles. The van der Waals surface area contributed by atoms with Crippen molar-refractivity contribution in [1.29, 1.82) is 0 Å². The summed E-state index contributed by atoms with van der Waals surface area (Å²) in [7, 11) is 0. The molecule has 0 spiro atoms. The molecule has 8 nitrogen and oxygen atoms in total. The van der Waals surface area contributed by atoms with Gasteiger partial charge < -0.3 is 16.0 Å². The molecular weight excluding hydrogens is 425 g/mol. The van der Waals surface area contributed by atoms with E-state index < -0.39 is 5.91 Å². The fourth-order valence-corrected chi connectivity index (χ4v) is 3.62. The zero-order valence-electron chi connectivity index (χ0n) is 15.9. The third-order valence-corrected chi connectivity index (χ3v) is 5.15. The molecule has 0 unspecified atom stereocenters. The molecule has 1 saturated heterocycles. The number of carbonyl (C=O) groups is 1. The average molecular weight is 446 g/mol. The zero-order chi connectivity index (χ0) is 19.1. The zero-order valence-corrected chi connectivity index (χ0v) is 17.5. The number of H-pyrrole nitrogens is 1. The summed E-state index contributed by atoms with van der Waals surface area (Å²) in [5.41, 5.74) is 9.99. The monoisotopic (exact) mass is 445 g/mol. The van der Waals surface area contributed by atoms with Crippen LogP contribution in [0, 0.1) is 0 Å². The van der Waals surface area contributed by atoms with Gasteiger partial charge in [-0.2, -0.15) is 0 Å². The van der Waals surface area contributed by atoms with E-state index in [-0.39, 0.29) is 24.8 Å². The van der Waals surface area contributed by atoms with E-state index in [9.17, 15) is 4.79 Å². The van der Waals surface area contributed by atoms with Crippen molar-refractivity contribution in [2.45, 2.75) is 12.5 Å². The molecule has 30 heavy (non-hydrogen) atoms. The molecule has 0 bridgehead atoms. The molecular formula is C20H21Cl2N7O. The van der Waals surface area contributed by atoms with E-state index in [1.807, 2.05) is 41.2 Å². The number of fused-ring (bicyclic) bond motifs is 1. The standard InChI is InChI=1S/C20H19N7O.2ClH/c21-19(28)15-2-1-3-16-18(15)24-20(23-16)13-6-4-12(5-7-13)17-11-27(26-25-17)14-8-9-22-10-14;;/h1-7,11,14,22H,8-10H2,(H2,21,28)(H,23,24);2*1H/t14-;;/m0../s1. The lowest BCUT2D eigenvalue weighted by Gasteiger charge is -2.06. The lowest BCUT2D eigenvalue weighted by atomic mass is 10.1. The Morgan fingerprint density at radius 3 is 2.57 bits per heavy atom. The summed E-state index contributed by atoms with van der Waals surface area (Å²) in [5.74, 6) is 0.204. The minimum Gasteiger partial charge on any atom is -0.366 e. The van der Waals surface area contributed by atoms with Crippen LogP contribution in [0.1, 0.15) is 22.8 Å². The first kappa shape index (κ1) is 21.8. The molecule has 5 rings (SSSR count). The molecule has 4 aromatic rings. The highest BCUT2D eigenvalue weighted by Crippen LogP contribution is 2.26. The van der Waals surface area contributed by atoms with Crippen molar-refractivity contribution in [3.8, 4) is 22.6 Å². The predicted molar refractivity (Wildman–Crippen MR) is 120 cm³/mol. The second-order valence-corrected chi connectivity index (χ2v) is 6.96. The highest BCUT2D eigenvalue weighted by molar-refractivity contribution is 6.04. The second kappa shape index (κ2) is 8.83. The van der Waals surface area contributed by atoms with E-state index >= 15 is 0 Å². The number of rotatable bonds is 4. The van der Waals surface area contributed by atoms with Gasteiger partial charge >= 0.3 is 0 Å². The van der Waals surface area contributed by atoms with E-state index in [1.165, 1.54) is 0 Å². The Bertz CT molecular complexity index is 1160. The van der Waals surface area contributed by atoms with E-state index in [0.717, 1.165) is 41.8 Å². The van der Waals surface area contributed by atoms with Crippen LogP contribution in [-0.2, 0) is 0 Å². The van der Waals surface area contributed by atoms with Crippen LogP contribution in [0.5, 0.6) is 0 Å². The van der Waals surface area contributed by atoms with Gasteiger partial charge in [0.25, 0.3) is 5.91 Å². The highest BCUT2D eigenvalue weighted by Gasteiger charge is 2.18. The number of nitrogens with zero attached hydrogens (tertiary/aromatic N) is 4.